The van der Waals surface area contributed by atoms with Crippen molar-refractivity contribution < 1.29 is 9.18 Å². The minimum absolute atomic E-state index is 0.0729. The molecule has 0 aliphatic rings. The maximum atomic E-state index is 12.8. The minimum atomic E-state index is -0.359. The van der Waals surface area contributed by atoms with Crippen LogP contribution in [-0.4, -0.2) is 29.6 Å². The van der Waals surface area contributed by atoms with Gasteiger partial charge in [-0.3, -0.25) is 4.79 Å². The monoisotopic (exact) mass is 256 g/mol. The predicted molar refractivity (Wildman–Crippen MR) is 69.5 cm³/mol. The summed E-state index contributed by atoms with van der Waals surface area (Å²) in [6.45, 7) is 5.29. The fourth-order valence-electron chi connectivity index (χ4n) is 1.46. The number of carbonyl (C=O) groups is 1. The quantitative estimate of drug-likeness (QED) is 0.650. The van der Waals surface area contributed by atoms with Crippen LogP contribution < -0.4 is 5.73 Å². The second-order valence-corrected chi connectivity index (χ2v) is 4.55. The fraction of sp³-hybridized carbons (Fsp3) is 0.417. The summed E-state index contributed by atoms with van der Waals surface area (Å²) in [4.78, 5) is 14.2. The Morgan fingerprint density at radius 3 is 2.59 bits per heavy atom. The van der Waals surface area contributed by atoms with Gasteiger partial charge in [0.25, 0.3) is 0 Å². The molecule has 1 rings (SSSR count). The van der Waals surface area contributed by atoms with E-state index in [0.29, 0.717) is 24.5 Å². The number of nitrogen functional groups attached to an aromatic ring is 1. The molecule has 0 bridgehead atoms. The van der Waals surface area contributed by atoms with E-state index in [4.69, 9.17) is 5.73 Å². The minimum Gasteiger partial charge on any atom is -0.398 e. The van der Waals surface area contributed by atoms with Gasteiger partial charge in [-0.1, -0.05) is 0 Å². The van der Waals surface area contributed by atoms with Gasteiger partial charge in [0.2, 0.25) is 5.91 Å². The molecule has 0 saturated carbocycles. The van der Waals surface area contributed by atoms with Gasteiger partial charge in [0.1, 0.15) is 5.82 Å². The number of halogens is 1. The number of nitrogens with zero attached hydrogens (tertiary/aromatic N) is 1. The van der Waals surface area contributed by atoms with Crippen LogP contribution in [-0.2, 0) is 4.79 Å². The average Bonchev–Trinajstić information content (AvgIpc) is 2.29. The third-order valence-electron chi connectivity index (χ3n) is 2.44. The van der Waals surface area contributed by atoms with Crippen molar-refractivity contribution in [2.75, 3.05) is 24.6 Å². The Bertz CT molecular complexity index is 394. The average molecular weight is 256 g/mol. The van der Waals surface area contributed by atoms with Crippen LogP contribution in [0.5, 0.6) is 0 Å². The van der Waals surface area contributed by atoms with Crippen molar-refractivity contribution in [3.05, 3.63) is 24.0 Å². The first-order chi connectivity index (χ1) is 8.08. The van der Waals surface area contributed by atoms with Crippen molar-refractivity contribution in [1.29, 1.82) is 0 Å². The first-order valence-corrected chi connectivity index (χ1v) is 6.52. The van der Waals surface area contributed by atoms with Crippen molar-refractivity contribution in [1.82, 2.24) is 4.90 Å². The van der Waals surface area contributed by atoms with Gasteiger partial charge in [-0.2, -0.15) is 0 Å². The molecule has 2 N–H and O–H groups in total. The van der Waals surface area contributed by atoms with Gasteiger partial charge in [0, 0.05) is 23.7 Å². The van der Waals surface area contributed by atoms with E-state index in [1.54, 1.807) is 11.0 Å². The second kappa shape index (κ2) is 6.49. The zero-order valence-electron chi connectivity index (χ0n) is 10.1. The van der Waals surface area contributed by atoms with Crippen LogP contribution in [0.25, 0.3) is 0 Å². The van der Waals surface area contributed by atoms with Gasteiger partial charge in [-0.25, -0.2) is 4.39 Å². The summed E-state index contributed by atoms with van der Waals surface area (Å²) in [6.07, 6.45) is 0. The van der Waals surface area contributed by atoms with E-state index < -0.39 is 0 Å². The molecule has 17 heavy (non-hydrogen) atoms. The van der Waals surface area contributed by atoms with Crippen molar-refractivity contribution in [2.24, 2.45) is 0 Å². The lowest BCUT2D eigenvalue weighted by Crippen LogP contribution is -2.31. The summed E-state index contributed by atoms with van der Waals surface area (Å²) in [6, 6.07) is 4.22. The molecule has 94 valence electrons. The third-order valence-corrected chi connectivity index (χ3v) is 3.51. The highest BCUT2D eigenvalue weighted by Crippen LogP contribution is 2.25. The van der Waals surface area contributed by atoms with E-state index in [-0.39, 0.29) is 11.7 Å². The summed E-state index contributed by atoms with van der Waals surface area (Å²) in [7, 11) is 0. The topological polar surface area (TPSA) is 46.3 Å². The number of hydrogen-bond donors (Lipinski definition) is 1. The van der Waals surface area contributed by atoms with Gasteiger partial charge in [-0.05, 0) is 32.0 Å². The summed E-state index contributed by atoms with van der Waals surface area (Å²) in [5.41, 5.74) is 6.04. The van der Waals surface area contributed by atoms with Crippen LogP contribution in [0.1, 0.15) is 13.8 Å². The van der Waals surface area contributed by atoms with Crippen LogP contribution in [0.2, 0.25) is 0 Å². The smallest absolute Gasteiger partial charge is 0.232 e. The lowest BCUT2D eigenvalue weighted by atomic mass is 10.3. The second-order valence-electron chi connectivity index (χ2n) is 3.54. The summed E-state index contributed by atoms with van der Waals surface area (Å²) < 4.78 is 12.8. The highest BCUT2D eigenvalue weighted by atomic mass is 32.2. The Kier molecular flexibility index (Phi) is 5.28. The van der Waals surface area contributed by atoms with Crippen molar-refractivity contribution >= 4 is 23.4 Å². The SMILES string of the molecule is CCN(CC)C(=O)CSc1ccc(F)cc1N. The molecule has 0 unspecified atom stereocenters. The van der Waals surface area contributed by atoms with Crippen LogP contribution >= 0.6 is 11.8 Å². The zero-order valence-corrected chi connectivity index (χ0v) is 10.9. The number of anilines is 1. The largest absolute Gasteiger partial charge is 0.398 e. The highest BCUT2D eigenvalue weighted by Gasteiger charge is 2.11. The van der Waals surface area contributed by atoms with Gasteiger partial charge < -0.3 is 10.6 Å². The summed E-state index contributed by atoms with van der Waals surface area (Å²) in [5.74, 6) is 0.0444. The Morgan fingerprint density at radius 2 is 2.06 bits per heavy atom. The van der Waals surface area contributed by atoms with Crippen LogP contribution in [0, 0.1) is 5.82 Å². The predicted octanol–water partition coefficient (Wildman–Crippen LogP) is 2.37. The summed E-state index contributed by atoms with van der Waals surface area (Å²) >= 11 is 1.34. The summed E-state index contributed by atoms with van der Waals surface area (Å²) in [5, 5.41) is 0. The molecule has 0 saturated heterocycles. The molecule has 0 radical (unpaired) electrons. The van der Waals surface area contributed by atoms with Gasteiger partial charge in [0.15, 0.2) is 0 Å². The molecule has 3 nitrogen and oxygen atoms in total. The van der Waals surface area contributed by atoms with E-state index >= 15 is 0 Å². The molecule has 0 aliphatic heterocycles. The molecular formula is C12H17FN2OS. The number of amides is 1. The lowest BCUT2D eigenvalue weighted by molar-refractivity contribution is -0.127. The number of benzene rings is 1. The van der Waals surface area contributed by atoms with Crippen molar-refractivity contribution in [3.8, 4) is 0 Å². The molecule has 0 aliphatic carbocycles. The van der Waals surface area contributed by atoms with Crippen LogP contribution in [0.4, 0.5) is 10.1 Å². The Labute approximate surface area is 105 Å². The van der Waals surface area contributed by atoms with Crippen molar-refractivity contribution in [3.63, 3.8) is 0 Å². The Hall–Kier alpha value is -1.23. The fourth-order valence-corrected chi connectivity index (χ4v) is 2.31. The molecule has 1 aromatic carbocycles. The van der Waals surface area contributed by atoms with E-state index in [1.807, 2.05) is 13.8 Å². The van der Waals surface area contributed by atoms with Gasteiger partial charge >= 0.3 is 0 Å². The molecule has 0 spiro atoms. The Morgan fingerprint density at radius 1 is 1.41 bits per heavy atom. The number of carbonyl (C=O) groups excluding carboxylic acids is 1. The molecule has 5 heteroatoms. The van der Waals surface area contributed by atoms with E-state index in [2.05, 4.69) is 0 Å². The third kappa shape index (κ3) is 3.93. The number of nitrogens with two attached hydrogens (primary N) is 1. The first kappa shape index (κ1) is 13.8. The van der Waals surface area contributed by atoms with Crippen LogP contribution in [0.3, 0.4) is 0 Å². The van der Waals surface area contributed by atoms with Crippen molar-refractivity contribution in [2.45, 2.75) is 18.7 Å². The van der Waals surface area contributed by atoms with Crippen LogP contribution in [0.15, 0.2) is 23.1 Å². The molecule has 0 fully saturated rings. The van der Waals surface area contributed by atoms with Gasteiger partial charge in [-0.15, -0.1) is 11.8 Å². The number of rotatable bonds is 5. The maximum absolute atomic E-state index is 12.8. The Balaban J connectivity index is 2.58. The van der Waals surface area contributed by atoms with E-state index in [0.717, 1.165) is 4.90 Å². The molecule has 1 amide bonds. The standard InChI is InChI=1S/C12H17FN2OS/c1-3-15(4-2)12(16)8-17-11-6-5-9(13)7-10(11)14/h5-7H,3-4,8,14H2,1-2H3. The molecule has 0 heterocycles. The number of thioether (sulfide) groups is 1. The molecule has 0 atom stereocenters. The first-order valence-electron chi connectivity index (χ1n) is 5.54. The maximum Gasteiger partial charge on any atom is 0.232 e. The number of hydrogen-bond acceptors (Lipinski definition) is 3. The zero-order chi connectivity index (χ0) is 12.8. The molecular weight excluding hydrogens is 239 g/mol. The lowest BCUT2D eigenvalue weighted by Gasteiger charge is -2.18. The van der Waals surface area contributed by atoms with E-state index in [1.165, 1.54) is 23.9 Å². The normalized spacial score (nSPS) is 10.3. The van der Waals surface area contributed by atoms with E-state index in [9.17, 15) is 9.18 Å². The highest BCUT2D eigenvalue weighted by molar-refractivity contribution is 8.00. The van der Waals surface area contributed by atoms with Gasteiger partial charge in [0.05, 0.1) is 5.75 Å². The molecule has 1 aromatic rings. The molecule has 0 aromatic heterocycles.